The summed E-state index contributed by atoms with van der Waals surface area (Å²) in [5, 5.41) is 11.9. The van der Waals surface area contributed by atoms with Crippen molar-refractivity contribution < 1.29 is 19.0 Å². The standard InChI is InChI=1S/C22H24ClN5O4S/c1-12-18(30-4)17(13-5-7-24-16(23)9-13)15(10-25-12)19(29)26-20-27-28-21(33-20)31-11-14-6-8-32-22(14,2)3/h5,7,9-10,14H,6,8,11H2,1-4H3,(H,26,27,29)/t14-/m0/s1. The van der Waals surface area contributed by atoms with E-state index in [1.807, 2.05) is 0 Å². The summed E-state index contributed by atoms with van der Waals surface area (Å²) in [6.07, 6.45) is 4.00. The summed E-state index contributed by atoms with van der Waals surface area (Å²) >= 11 is 7.24. The van der Waals surface area contributed by atoms with Gasteiger partial charge in [-0.15, -0.1) is 5.10 Å². The first kappa shape index (κ1) is 23.3. The van der Waals surface area contributed by atoms with E-state index in [0.29, 0.717) is 50.2 Å². The Balaban J connectivity index is 1.54. The number of amides is 1. The Kier molecular flexibility index (Phi) is 6.78. The van der Waals surface area contributed by atoms with Gasteiger partial charge in [0, 0.05) is 30.5 Å². The molecule has 1 fully saturated rings. The molecule has 9 nitrogen and oxygen atoms in total. The first-order valence-electron chi connectivity index (χ1n) is 10.4. The Bertz CT molecular complexity index is 1170. The van der Waals surface area contributed by atoms with E-state index < -0.39 is 5.91 Å². The maximum atomic E-state index is 13.2. The van der Waals surface area contributed by atoms with Crippen molar-refractivity contribution in [3.05, 3.63) is 40.9 Å². The maximum Gasteiger partial charge on any atom is 0.295 e. The van der Waals surface area contributed by atoms with Gasteiger partial charge in [-0.25, -0.2) is 4.98 Å². The molecule has 0 aliphatic carbocycles. The minimum atomic E-state index is -0.406. The molecule has 1 amide bonds. The molecular weight excluding hydrogens is 466 g/mol. The van der Waals surface area contributed by atoms with Gasteiger partial charge < -0.3 is 14.2 Å². The van der Waals surface area contributed by atoms with Crippen LogP contribution >= 0.6 is 22.9 Å². The molecule has 3 aromatic rings. The van der Waals surface area contributed by atoms with E-state index in [0.717, 1.165) is 24.4 Å². The van der Waals surface area contributed by atoms with Crippen LogP contribution in [0.5, 0.6) is 10.9 Å². The largest absolute Gasteiger partial charge is 0.494 e. The molecule has 1 aliphatic heterocycles. The van der Waals surface area contributed by atoms with E-state index in [-0.39, 0.29) is 11.5 Å². The van der Waals surface area contributed by atoms with E-state index in [1.165, 1.54) is 13.3 Å². The second kappa shape index (κ2) is 9.58. The van der Waals surface area contributed by atoms with Gasteiger partial charge in [0.05, 0.1) is 30.6 Å². The highest BCUT2D eigenvalue weighted by Crippen LogP contribution is 2.37. The number of hydrogen-bond acceptors (Lipinski definition) is 9. The van der Waals surface area contributed by atoms with E-state index in [2.05, 4.69) is 39.3 Å². The second-order valence-corrected chi connectivity index (χ2v) is 9.44. The summed E-state index contributed by atoms with van der Waals surface area (Å²) < 4.78 is 17.1. The van der Waals surface area contributed by atoms with Crippen molar-refractivity contribution in [1.82, 2.24) is 20.2 Å². The van der Waals surface area contributed by atoms with Crippen molar-refractivity contribution in [3.63, 3.8) is 0 Å². The van der Waals surface area contributed by atoms with Gasteiger partial charge in [0.2, 0.25) is 5.13 Å². The number of hydrogen-bond donors (Lipinski definition) is 1. The Morgan fingerprint density at radius 2 is 2.18 bits per heavy atom. The Morgan fingerprint density at radius 1 is 1.36 bits per heavy atom. The minimum Gasteiger partial charge on any atom is -0.494 e. The Hall–Kier alpha value is -2.82. The number of aryl methyl sites for hydroxylation is 1. The fourth-order valence-corrected chi connectivity index (χ4v) is 4.50. The molecule has 0 unspecified atom stereocenters. The third-order valence-electron chi connectivity index (χ3n) is 5.63. The lowest BCUT2D eigenvalue weighted by atomic mass is 9.92. The SMILES string of the molecule is COc1c(C)ncc(C(=O)Nc2nnc(OC[C@@H]3CCOC3(C)C)s2)c1-c1ccnc(Cl)c1. The molecule has 11 heteroatoms. The van der Waals surface area contributed by atoms with Crippen molar-refractivity contribution in [2.45, 2.75) is 32.8 Å². The molecular formula is C22H24ClN5O4S. The molecule has 4 rings (SSSR count). The minimum absolute atomic E-state index is 0.231. The van der Waals surface area contributed by atoms with E-state index in [9.17, 15) is 4.79 Å². The molecule has 0 saturated carbocycles. The first-order valence-corrected chi connectivity index (χ1v) is 11.5. The number of nitrogens with one attached hydrogen (secondary N) is 1. The van der Waals surface area contributed by atoms with Crippen molar-refractivity contribution in [3.8, 4) is 22.1 Å². The Morgan fingerprint density at radius 3 is 2.88 bits per heavy atom. The summed E-state index contributed by atoms with van der Waals surface area (Å²) in [6.45, 7) is 7.10. The number of ether oxygens (including phenoxy) is 3. The quantitative estimate of drug-likeness (QED) is 0.486. The number of nitrogens with zero attached hydrogens (tertiary/aromatic N) is 4. The average molecular weight is 490 g/mol. The molecule has 0 radical (unpaired) electrons. The fourth-order valence-electron chi connectivity index (χ4n) is 3.72. The summed E-state index contributed by atoms with van der Waals surface area (Å²) in [6, 6.07) is 3.42. The molecule has 4 heterocycles. The van der Waals surface area contributed by atoms with Gasteiger partial charge in [0.1, 0.15) is 10.9 Å². The second-order valence-electron chi connectivity index (χ2n) is 8.11. The van der Waals surface area contributed by atoms with Crippen LogP contribution in [-0.2, 0) is 4.74 Å². The lowest BCUT2D eigenvalue weighted by molar-refractivity contribution is -0.0000270. The van der Waals surface area contributed by atoms with Crippen molar-refractivity contribution >= 4 is 34.0 Å². The van der Waals surface area contributed by atoms with Crippen molar-refractivity contribution in [2.75, 3.05) is 25.6 Å². The highest BCUT2D eigenvalue weighted by Gasteiger charge is 2.36. The monoisotopic (exact) mass is 489 g/mol. The molecule has 1 saturated heterocycles. The van der Waals surface area contributed by atoms with Gasteiger partial charge in [-0.2, -0.15) is 0 Å². The number of halogens is 1. The van der Waals surface area contributed by atoms with E-state index in [1.54, 1.807) is 25.3 Å². The highest BCUT2D eigenvalue weighted by atomic mass is 35.5. The molecule has 1 atom stereocenters. The van der Waals surface area contributed by atoms with Gasteiger partial charge in [-0.3, -0.25) is 15.1 Å². The molecule has 3 aromatic heterocycles. The molecule has 33 heavy (non-hydrogen) atoms. The van der Waals surface area contributed by atoms with Crippen LogP contribution in [0.2, 0.25) is 5.15 Å². The van der Waals surface area contributed by atoms with E-state index in [4.69, 9.17) is 25.8 Å². The van der Waals surface area contributed by atoms with Crippen LogP contribution in [-0.4, -0.2) is 52.0 Å². The van der Waals surface area contributed by atoms with Crippen LogP contribution in [0.3, 0.4) is 0 Å². The van der Waals surface area contributed by atoms with Crippen LogP contribution in [0.4, 0.5) is 5.13 Å². The van der Waals surface area contributed by atoms with Crippen molar-refractivity contribution in [2.24, 2.45) is 5.92 Å². The number of anilines is 1. The van der Waals surface area contributed by atoms with Crippen LogP contribution in [0.25, 0.3) is 11.1 Å². The van der Waals surface area contributed by atoms with Crippen LogP contribution in [0.1, 0.15) is 36.3 Å². The third kappa shape index (κ3) is 5.07. The number of pyridine rings is 2. The van der Waals surface area contributed by atoms with Gasteiger partial charge in [0.15, 0.2) is 0 Å². The van der Waals surface area contributed by atoms with Gasteiger partial charge >= 0.3 is 0 Å². The van der Waals surface area contributed by atoms with Gasteiger partial charge in [0.25, 0.3) is 11.1 Å². The molecule has 1 N–H and O–H groups in total. The highest BCUT2D eigenvalue weighted by molar-refractivity contribution is 7.17. The molecule has 0 aromatic carbocycles. The molecule has 0 spiro atoms. The summed E-state index contributed by atoms with van der Waals surface area (Å²) in [5.74, 6) is 0.338. The normalized spacial score (nSPS) is 17.1. The van der Waals surface area contributed by atoms with Gasteiger partial charge in [-0.05, 0) is 56.2 Å². The Labute approximate surface area is 200 Å². The molecule has 0 bridgehead atoms. The number of rotatable bonds is 7. The average Bonchev–Trinajstić information content (AvgIpc) is 3.36. The van der Waals surface area contributed by atoms with Gasteiger partial charge in [-0.1, -0.05) is 16.7 Å². The summed E-state index contributed by atoms with van der Waals surface area (Å²) in [5.41, 5.74) is 1.97. The lowest BCUT2D eigenvalue weighted by Gasteiger charge is -2.24. The summed E-state index contributed by atoms with van der Waals surface area (Å²) in [4.78, 5) is 21.5. The lowest BCUT2D eigenvalue weighted by Crippen LogP contribution is -2.31. The summed E-state index contributed by atoms with van der Waals surface area (Å²) in [7, 11) is 1.53. The zero-order valence-corrected chi connectivity index (χ0v) is 20.3. The number of carbonyl (C=O) groups excluding carboxylic acids is 1. The van der Waals surface area contributed by atoms with Crippen LogP contribution < -0.4 is 14.8 Å². The third-order valence-corrected chi connectivity index (χ3v) is 6.59. The number of methoxy groups -OCH3 is 1. The van der Waals surface area contributed by atoms with Crippen molar-refractivity contribution in [1.29, 1.82) is 0 Å². The molecule has 174 valence electrons. The number of carbonyl (C=O) groups is 1. The predicted octanol–water partition coefficient (Wildman–Crippen LogP) is 4.41. The zero-order valence-electron chi connectivity index (χ0n) is 18.7. The molecule has 1 aliphatic rings. The number of aromatic nitrogens is 4. The topological polar surface area (TPSA) is 108 Å². The fraction of sp³-hybridized carbons (Fsp3) is 0.409. The zero-order chi connectivity index (χ0) is 23.6. The predicted molar refractivity (Wildman–Crippen MR) is 125 cm³/mol. The van der Waals surface area contributed by atoms with E-state index >= 15 is 0 Å². The smallest absolute Gasteiger partial charge is 0.295 e. The first-order chi connectivity index (χ1) is 15.8. The van der Waals surface area contributed by atoms with Crippen LogP contribution in [0.15, 0.2) is 24.5 Å². The van der Waals surface area contributed by atoms with Crippen LogP contribution in [0, 0.1) is 12.8 Å². The maximum absolute atomic E-state index is 13.2.